The van der Waals surface area contributed by atoms with E-state index in [1.165, 1.54) is 0 Å². The van der Waals surface area contributed by atoms with Crippen molar-refractivity contribution in [1.29, 1.82) is 0 Å². The molecular weight excluding hydrogens is 310 g/mol. The first kappa shape index (κ1) is 18.7. The number of ether oxygens (including phenoxy) is 3. The summed E-state index contributed by atoms with van der Waals surface area (Å²) in [5, 5.41) is 5.94. The standard InChI is InChI=1S/C13H21N3O7/c1-12(2,3)23-11(19)14-13(10(18)22-5)6-8(9(17)21-4)16(7-13)15-20/h8H,6-7H2,1-5H3,(H,14,19)/t8-,13-/m1/s1. The molecule has 10 nitrogen and oxygen atoms in total. The molecule has 1 aliphatic rings. The normalized spacial score (nSPS) is 23.9. The van der Waals surface area contributed by atoms with Crippen LogP contribution in [-0.4, -0.2) is 61.0 Å². The van der Waals surface area contributed by atoms with Gasteiger partial charge in [0.2, 0.25) is 0 Å². The molecule has 130 valence electrons. The summed E-state index contributed by atoms with van der Waals surface area (Å²) in [5.74, 6) is -1.57. The molecule has 1 heterocycles. The van der Waals surface area contributed by atoms with Crippen molar-refractivity contribution in [3.05, 3.63) is 4.91 Å². The smallest absolute Gasteiger partial charge is 0.408 e. The van der Waals surface area contributed by atoms with Crippen molar-refractivity contribution >= 4 is 18.0 Å². The fraction of sp³-hybridized carbons (Fsp3) is 0.769. The Balaban J connectivity index is 3.05. The molecule has 1 amide bonds. The van der Waals surface area contributed by atoms with E-state index in [9.17, 15) is 19.3 Å². The van der Waals surface area contributed by atoms with Gasteiger partial charge in [0.25, 0.3) is 0 Å². The second kappa shape index (κ2) is 6.80. The molecule has 10 heteroatoms. The molecule has 0 spiro atoms. The maximum Gasteiger partial charge on any atom is 0.408 e. The molecule has 0 aromatic carbocycles. The minimum Gasteiger partial charge on any atom is -0.467 e. The van der Waals surface area contributed by atoms with Crippen LogP contribution >= 0.6 is 0 Å². The third kappa shape index (κ3) is 4.30. The third-order valence-corrected chi connectivity index (χ3v) is 3.23. The SMILES string of the molecule is COC(=O)[C@H]1C[C@](NC(=O)OC(C)(C)C)(C(=O)OC)CN1N=O. The van der Waals surface area contributed by atoms with E-state index in [1.54, 1.807) is 20.8 Å². The van der Waals surface area contributed by atoms with Crippen LogP contribution < -0.4 is 5.32 Å². The van der Waals surface area contributed by atoms with Gasteiger partial charge in [0, 0.05) is 6.42 Å². The van der Waals surface area contributed by atoms with Crippen molar-refractivity contribution in [2.45, 2.75) is 44.4 Å². The fourth-order valence-corrected chi connectivity index (χ4v) is 2.30. The summed E-state index contributed by atoms with van der Waals surface area (Å²) in [6.07, 6.45) is -1.10. The van der Waals surface area contributed by atoms with Crippen LogP contribution in [-0.2, 0) is 23.8 Å². The number of nitrogens with one attached hydrogen (secondary N) is 1. The summed E-state index contributed by atoms with van der Waals surface area (Å²) in [6.45, 7) is 4.63. The molecule has 0 radical (unpaired) electrons. The van der Waals surface area contributed by atoms with Gasteiger partial charge in [-0.05, 0) is 20.8 Å². The lowest BCUT2D eigenvalue weighted by molar-refractivity contribution is -0.148. The minimum absolute atomic E-state index is 0.225. The van der Waals surface area contributed by atoms with Crippen LogP contribution in [0.3, 0.4) is 0 Å². The summed E-state index contributed by atoms with van der Waals surface area (Å²) >= 11 is 0. The molecule has 0 aromatic rings. The molecule has 1 saturated heterocycles. The Kier molecular flexibility index (Phi) is 5.51. The number of nitroso groups, excluding NO2 is 1. The van der Waals surface area contributed by atoms with Gasteiger partial charge in [-0.1, -0.05) is 0 Å². The van der Waals surface area contributed by atoms with Crippen molar-refractivity contribution in [3.63, 3.8) is 0 Å². The van der Waals surface area contributed by atoms with E-state index in [4.69, 9.17) is 9.47 Å². The van der Waals surface area contributed by atoms with Crippen molar-refractivity contribution in [3.8, 4) is 0 Å². The maximum atomic E-state index is 12.1. The van der Waals surface area contributed by atoms with Crippen molar-refractivity contribution in [2.75, 3.05) is 20.8 Å². The van der Waals surface area contributed by atoms with Gasteiger partial charge in [-0.3, -0.25) is 0 Å². The zero-order chi connectivity index (χ0) is 17.8. The Morgan fingerprint density at radius 1 is 1.22 bits per heavy atom. The molecule has 1 fully saturated rings. The van der Waals surface area contributed by atoms with Gasteiger partial charge < -0.3 is 19.5 Å². The van der Waals surface area contributed by atoms with Crippen LogP contribution in [0.15, 0.2) is 5.29 Å². The summed E-state index contributed by atoms with van der Waals surface area (Å²) in [7, 11) is 2.27. The molecule has 0 aliphatic carbocycles. The monoisotopic (exact) mass is 331 g/mol. The van der Waals surface area contributed by atoms with E-state index < -0.39 is 35.2 Å². The number of amides is 1. The highest BCUT2D eigenvalue weighted by Gasteiger charge is 2.55. The van der Waals surface area contributed by atoms with E-state index in [2.05, 4.69) is 15.3 Å². The van der Waals surface area contributed by atoms with Crippen molar-refractivity contribution in [2.24, 2.45) is 5.29 Å². The Morgan fingerprint density at radius 3 is 2.26 bits per heavy atom. The Morgan fingerprint density at radius 2 is 1.83 bits per heavy atom. The average Bonchev–Trinajstić information content (AvgIpc) is 2.83. The van der Waals surface area contributed by atoms with Gasteiger partial charge in [0.1, 0.15) is 5.60 Å². The number of hydrogen-bond acceptors (Lipinski definition) is 8. The predicted molar refractivity (Wildman–Crippen MR) is 77.0 cm³/mol. The maximum absolute atomic E-state index is 12.1. The lowest BCUT2D eigenvalue weighted by atomic mass is 9.96. The summed E-state index contributed by atoms with van der Waals surface area (Å²) in [5.41, 5.74) is -2.42. The summed E-state index contributed by atoms with van der Waals surface area (Å²) < 4.78 is 14.4. The van der Waals surface area contributed by atoms with Gasteiger partial charge in [-0.25, -0.2) is 19.4 Å². The largest absolute Gasteiger partial charge is 0.467 e. The first-order valence-corrected chi connectivity index (χ1v) is 6.86. The first-order chi connectivity index (χ1) is 10.6. The van der Waals surface area contributed by atoms with Crippen LogP contribution in [0.2, 0.25) is 0 Å². The molecule has 1 aliphatic heterocycles. The highest BCUT2D eigenvalue weighted by molar-refractivity contribution is 5.89. The molecule has 0 saturated carbocycles. The van der Waals surface area contributed by atoms with E-state index in [1.807, 2.05) is 0 Å². The summed E-state index contributed by atoms with van der Waals surface area (Å²) in [4.78, 5) is 46.8. The highest BCUT2D eigenvalue weighted by Crippen LogP contribution is 2.30. The number of rotatable bonds is 4. The van der Waals surface area contributed by atoms with Crippen molar-refractivity contribution in [1.82, 2.24) is 10.3 Å². The van der Waals surface area contributed by atoms with Crippen LogP contribution in [0.5, 0.6) is 0 Å². The zero-order valence-electron chi connectivity index (χ0n) is 13.7. The summed E-state index contributed by atoms with van der Waals surface area (Å²) in [6, 6.07) is -1.11. The topological polar surface area (TPSA) is 124 Å². The Hall–Kier alpha value is -2.39. The van der Waals surface area contributed by atoms with Gasteiger partial charge in [0.15, 0.2) is 11.6 Å². The second-order valence-corrected chi connectivity index (χ2v) is 6.12. The molecule has 0 unspecified atom stereocenters. The van der Waals surface area contributed by atoms with Crippen molar-refractivity contribution < 1.29 is 28.6 Å². The average molecular weight is 331 g/mol. The molecular formula is C13H21N3O7. The van der Waals surface area contributed by atoms with Crippen LogP contribution in [0.1, 0.15) is 27.2 Å². The predicted octanol–water partition coefficient (Wildman–Crippen LogP) is 0.352. The number of esters is 2. The lowest BCUT2D eigenvalue weighted by Crippen LogP contribution is -2.57. The molecule has 0 aromatic heterocycles. The van der Waals surface area contributed by atoms with Gasteiger partial charge in [0.05, 0.1) is 26.1 Å². The van der Waals surface area contributed by atoms with E-state index in [-0.39, 0.29) is 13.0 Å². The minimum atomic E-state index is -1.64. The molecule has 1 rings (SSSR count). The molecule has 23 heavy (non-hydrogen) atoms. The Bertz CT molecular complexity index is 502. The molecule has 2 atom stereocenters. The number of nitrogens with zero attached hydrogens (tertiary/aromatic N) is 2. The second-order valence-electron chi connectivity index (χ2n) is 6.12. The number of alkyl carbamates (subject to hydrolysis) is 1. The lowest BCUT2D eigenvalue weighted by Gasteiger charge is -2.28. The quantitative estimate of drug-likeness (QED) is 0.444. The highest BCUT2D eigenvalue weighted by atomic mass is 16.6. The van der Waals surface area contributed by atoms with Crippen LogP contribution in [0, 0.1) is 4.91 Å². The van der Waals surface area contributed by atoms with E-state index in [0.717, 1.165) is 19.2 Å². The zero-order valence-corrected chi connectivity index (χ0v) is 13.7. The van der Waals surface area contributed by atoms with Crippen LogP contribution in [0.4, 0.5) is 4.79 Å². The third-order valence-electron chi connectivity index (χ3n) is 3.23. The van der Waals surface area contributed by atoms with E-state index >= 15 is 0 Å². The van der Waals surface area contributed by atoms with Gasteiger partial charge in [-0.2, -0.15) is 0 Å². The van der Waals surface area contributed by atoms with E-state index in [0.29, 0.717) is 0 Å². The fourth-order valence-electron chi connectivity index (χ4n) is 2.30. The molecule has 1 N–H and O–H groups in total. The first-order valence-electron chi connectivity index (χ1n) is 6.86. The number of methoxy groups -OCH3 is 2. The number of hydrogen-bond donors (Lipinski definition) is 1. The Labute approximate surface area is 133 Å². The molecule has 0 bridgehead atoms. The van der Waals surface area contributed by atoms with Crippen LogP contribution in [0.25, 0.3) is 0 Å². The number of carbonyl (C=O) groups excluding carboxylic acids is 3. The number of carbonyl (C=O) groups is 3. The van der Waals surface area contributed by atoms with Gasteiger partial charge >= 0.3 is 18.0 Å². The van der Waals surface area contributed by atoms with Gasteiger partial charge in [-0.15, -0.1) is 4.91 Å².